The summed E-state index contributed by atoms with van der Waals surface area (Å²) in [6.07, 6.45) is 2.19. The quantitative estimate of drug-likeness (QED) is 0.816. The Balaban J connectivity index is 1.63. The van der Waals surface area contributed by atoms with Gasteiger partial charge in [-0.2, -0.15) is 0 Å². The van der Waals surface area contributed by atoms with Crippen molar-refractivity contribution in [1.29, 1.82) is 0 Å². The van der Waals surface area contributed by atoms with Crippen LogP contribution < -0.4 is 10.6 Å². The minimum atomic E-state index is -0.228. The molecule has 1 aliphatic rings. The third-order valence-corrected chi connectivity index (χ3v) is 4.64. The minimum absolute atomic E-state index is 0.0703. The smallest absolute Gasteiger partial charge is 0.253 e. The maximum Gasteiger partial charge on any atom is 0.253 e. The van der Waals surface area contributed by atoms with Gasteiger partial charge in [0.15, 0.2) is 0 Å². The Kier molecular flexibility index (Phi) is 6.26. The highest BCUT2D eigenvalue weighted by Crippen LogP contribution is 2.19. The van der Waals surface area contributed by atoms with Crippen molar-refractivity contribution in [3.05, 3.63) is 64.7 Å². The molecule has 0 aromatic heterocycles. The first-order valence-corrected chi connectivity index (χ1v) is 9.03. The standard InChI is InChI=1S/C20H21ClN2O3/c21-17-9-3-1-6-14(17)12-19(24)23-18-10-4-2-8-16(18)20(25)22-13-15-7-5-11-26-15/h1-4,6,8-10,15H,5,7,11-13H2,(H,22,25)(H,23,24)/t15-/m0/s1. The number of carbonyl (C=O) groups excluding carboxylic acids is 2. The van der Waals surface area contributed by atoms with Crippen molar-refractivity contribution in [3.8, 4) is 0 Å². The fraction of sp³-hybridized carbons (Fsp3) is 0.300. The minimum Gasteiger partial charge on any atom is -0.376 e. The van der Waals surface area contributed by atoms with Gasteiger partial charge in [-0.1, -0.05) is 41.9 Å². The van der Waals surface area contributed by atoms with Crippen molar-refractivity contribution in [3.63, 3.8) is 0 Å². The maximum absolute atomic E-state index is 12.5. The SMILES string of the molecule is O=C(Cc1ccccc1Cl)Nc1ccccc1C(=O)NC[C@@H]1CCCO1. The van der Waals surface area contributed by atoms with Crippen LogP contribution in [0.3, 0.4) is 0 Å². The lowest BCUT2D eigenvalue weighted by molar-refractivity contribution is -0.115. The van der Waals surface area contributed by atoms with E-state index in [2.05, 4.69) is 10.6 Å². The topological polar surface area (TPSA) is 67.4 Å². The molecule has 1 fully saturated rings. The molecule has 0 radical (unpaired) electrons. The van der Waals surface area contributed by atoms with Crippen LogP contribution in [0.25, 0.3) is 0 Å². The Bertz CT molecular complexity index is 788. The average molecular weight is 373 g/mol. The molecule has 0 aliphatic carbocycles. The van der Waals surface area contributed by atoms with Crippen molar-refractivity contribution < 1.29 is 14.3 Å². The van der Waals surface area contributed by atoms with Gasteiger partial charge in [-0.25, -0.2) is 0 Å². The van der Waals surface area contributed by atoms with Crippen LogP contribution in [-0.2, 0) is 16.0 Å². The van der Waals surface area contributed by atoms with E-state index >= 15 is 0 Å². The van der Waals surface area contributed by atoms with E-state index in [-0.39, 0.29) is 24.3 Å². The zero-order chi connectivity index (χ0) is 18.4. The first-order chi connectivity index (χ1) is 12.6. The summed E-state index contributed by atoms with van der Waals surface area (Å²) in [6.45, 7) is 1.22. The number of ether oxygens (including phenoxy) is 1. The highest BCUT2D eigenvalue weighted by Gasteiger charge is 2.18. The van der Waals surface area contributed by atoms with Crippen LogP contribution in [0.4, 0.5) is 5.69 Å². The molecule has 1 heterocycles. The van der Waals surface area contributed by atoms with Gasteiger partial charge >= 0.3 is 0 Å². The second-order valence-corrected chi connectivity index (χ2v) is 6.61. The van der Waals surface area contributed by atoms with E-state index in [1.54, 1.807) is 30.3 Å². The van der Waals surface area contributed by atoms with Crippen LogP contribution >= 0.6 is 11.6 Å². The molecule has 6 heteroatoms. The van der Waals surface area contributed by atoms with Gasteiger partial charge in [-0.3, -0.25) is 9.59 Å². The van der Waals surface area contributed by atoms with Gasteiger partial charge in [0.05, 0.1) is 23.8 Å². The van der Waals surface area contributed by atoms with Crippen molar-refractivity contribution in [2.45, 2.75) is 25.4 Å². The van der Waals surface area contributed by atoms with Gasteiger partial charge in [-0.15, -0.1) is 0 Å². The first kappa shape index (κ1) is 18.4. The molecule has 2 aromatic carbocycles. The summed E-state index contributed by atoms with van der Waals surface area (Å²) in [6, 6.07) is 14.2. The van der Waals surface area contributed by atoms with Crippen LogP contribution in [0.15, 0.2) is 48.5 Å². The zero-order valence-electron chi connectivity index (χ0n) is 14.3. The van der Waals surface area contributed by atoms with Crippen molar-refractivity contribution >= 4 is 29.1 Å². The van der Waals surface area contributed by atoms with E-state index in [1.165, 1.54) is 0 Å². The normalized spacial score (nSPS) is 16.3. The Morgan fingerprint density at radius 3 is 2.65 bits per heavy atom. The summed E-state index contributed by atoms with van der Waals surface area (Å²) >= 11 is 6.10. The third-order valence-electron chi connectivity index (χ3n) is 4.27. The molecule has 26 heavy (non-hydrogen) atoms. The highest BCUT2D eigenvalue weighted by molar-refractivity contribution is 6.31. The number of halogens is 1. The Hall–Kier alpha value is -2.37. The highest BCUT2D eigenvalue weighted by atomic mass is 35.5. The fourth-order valence-corrected chi connectivity index (χ4v) is 3.11. The van der Waals surface area contributed by atoms with Gasteiger partial charge in [-0.05, 0) is 36.6 Å². The van der Waals surface area contributed by atoms with E-state index in [9.17, 15) is 9.59 Å². The first-order valence-electron chi connectivity index (χ1n) is 8.65. The summed E-state index contributed by atoms with van der Waals surface area (Å²) in [4.78, 5) is 24.8. The molecule has 1 saturated heterocycles. The predicted octanol–water partition coefficient (Wildman–Crippen LogP) is 3.43. The van der Waals surface area contributed by atoms with Crippen molar-refractivity contribution in [2.75, 3.05) is 18.5 Å². The number of benzene rings is 2. The molecule has 136 valence electrons. The number of carbonyl (C=O) groups is 2. The van der Waals surface area contributed by atoms with Crippen molar-refractivity contribution in [2.24, 2.45) is 0 Å². The zero-order valence-corrected chi connectivity index (χ0v) is 15.1. The lowest BCUT2D eigenvalue weighted by Crippen LogP contribution is -2.32. The molecule has 0 spiro atoms. The van der Waals surface area contributed by atoms with Crippen LogP contribution in [0.1, 0.15) is 28.8 Å². The molecule has 3 rings (SSSR count). The Labute approximate surface area is 157 Å². The molecular formula is C20H21ClN2O3. The van der Waals surface area contributed by atoms with Gasteiger partial charge in [0, 0.05) is 18.2 Å². The molecule has 0 unspecified atom stereocenters. The number of hydrogen-bond acceptors (Lipinski definition) is 3. The molecule has 1 aliphatic heterocycles. The largest absolute Gasteiger partial charge is 0.376 e. The lowest BCUT2D eigenvalue weighted by Gasteiger charge is -2.14. The fourth-order valence-electron chi connectivity index (χ4n) is 2.91. The van der Waals surface area contributed by atoms with Gasteiger partial charge in [0.2, 0.25) is 5.91 Å². The second kappa shape index (κ2) is 8.83. The second-order valence-electron chi connectivity index (χ2n) is 6.21. The molecule has 2 amide bonds. The van der Waals surface area contributed by atoms with Gasteiger partial charge in [0.1, 0.15) is 0 Å². The van der Waals surface area contributed by atoms with Gasteiger partial charge < -0.3 is 15.4 Å². The molecule has 5 nitrogen and oxygen atoms in total. The molecule has 0 saturated carbocycles. The number of anilines is 1. The average Bonchev–Trinajstić information content (AvgIpc) is 3.16. The van der Waals surface area contributed by atoms with E-state index in [4.69, 9.17) is 16.3 Å². The third kappa shape index (κ3) is 4.84. The summed E-state index contributed by atoms with van der Waals surface area (Å²) in [7, 11) is 0. The molecule has 1 atom stereocenters. The lowest BCUT2D eigenvalue weighted by atomic mass is 10.1. The molecule has 2 aromatic rings. The monoisotopic (exact) mass is 372 g/mol. The maximum atomic E-state index is 12.5. The van der Waals surface area contributed by atoms with Gasteiger partial charge in [0.25, 0.3) is 5.91 Å². The van der Waals surface area contributed by atoms with Crippen LogP contribution in [-0.4, -0.2) is 31.1 Å². The summed E-state index contributed by atoms with van der Waals surface area (Å²) < 4.78 is 5.51. The number of amides is 2. The van der Waals surface area contributed by atoms with E-state index in [0.717, 1.165) is 25.0 Å². The van der Waals surface area contributed by atoms with E-state index in [1.807, 2.05) is 18.2 Å². The number of para-hydroxylation sites is 1. The summed E-state index contributed by atoms with van der Waals surface area (Å²) in [5, 5.41) is 6.23. The molecular weight excluding hydrogens is 352 g/mol. The van der Waals surface area contributed by atoms with E-state index in [0.29, 0.717) is 22.8 Å². The number of hydrogen-bond donors (Lipinski definition) is 2. The Morgan fingerprint density at radius 2 is 1.88 bits per heavy atom. The number of nitrogens with one attached hydrogen (secondary N) is 2. The summed E-state index contributed by atoms with van der Waals surface area (Å²) in [5.41, 5.74) is 1.65. The van der Waals surface area contributed by atoms with Crippen LogP contribution in [0.2, 0.25) is 5.02 Å². The van der Waals surface area contributed by atoms with Crippen molar-refractivity contribution in [1.82, 2.24) is 5.32 Å². The number of rotatable bonds is 6. The van der Waals surface area contributed by atoms with E-state index < -0.39 is 0 Å². The van der Waals surface area contributed by atoms with Crippen LogP contribution in [0.5, 0.6) is 0 Å². The predicted molar refractivity (Wildman–Crippen MR) is 102 cm³/mol. The molecule has 2 N–H and O–H groups in total. The Morgan fingerprint density at radius 1 is 1.12 bits per heavy atom. The van der Waals surface area contributed by atoms with Crippen LogP contribution in [0, 0.1) is 0 Å². The molecule has 0 bridgehead atoms. The summed E-state index contributed by atoms with van der Waals surface area (Å²) in [5.74, 6) is -0.452.